The third-order valence-corrected chi connectivity index (χ3v) is 4.44. The number of rotatable bonds is 4. The largest absolute Gasteiger partial charge is 0.497 e. The Labute approximate surface area is 142 Å². The van der Waals surface area contributed by atoms with Crippen molar-refractivity contribution in [3.63, 3.8) is 0 Å². The van der Waals surface area contributed by atoms with E-state index in [2.05, 4.69) is 27.4 Å². The second-order valence-corrected chi connectivity index (χ2v) is 6.25. The number of nitrogens with zero attached hydrogens (tertiary/aromatic N) is 3. The number of carbonyl (C=O) groups is 1. The normalized spacial score (nSPS) is 14.8. The quantitative estimate of drug-likeness (QED) is 0.929. The highest BCUT2D eigenvalue weighted by Crippen LogP contribution is 2.21. The zero-order valence-electron chi connectivity index (χ0n) is 14.5. The van der Waals surface area contributed by atoms with Crippen LogP contribution in [0.25, 0.3) is 0 Å². The highest BCUT2D eigenvalue weighted by atomic mass is 16.5. The van der Waals surface area contributed by atoms with Crippen LogP contribution in [0.2, 0.25) is 0 Å². The topological polar surface area (TPSA) is 59.4 Å². The molecule has 0 unspecified atom stereocenters. The summed E-state index contributed by atoms with van der Waals surface area (Å²) in [5.41, 5.74) is 3.56. The van der Waals surface area contributed by atoms with Crippen LogP contribution in [-0.4, -0.2) is 47.3 Å². The number of fused-ring (bicyclic) bond motifs is 1. The van der Waals surface area contributed by atoms with Crippen LogP contribution in [-0.2, 0) is 24.7 Å². The Kier molecular flexibility index (Phi) is 4.85. The molecule has 0 atom stereocenters. The summed E-state index contributed by atoms with van der Waals surface area (Å²) in [5, 5.41) is 7.18. The van der Waals surface area contributed by atoms with E-state index in [-0.39, 0.29) is 5.91 Å². The maximum atomic E-state index is 12.3. The lowest BCUT2D eigenvalue weighted by Gasteiger charge is -2.19. The molecular formula is C18H24N4O2. The van der Waals surface area contributed by atoms with Crippen molar-refractivity contribution < 1.29 is 9.53 Å². The molecule has 1 aromatic carbocycles. The maximum Gasteiger partial charge on any atom is 0.239 e. The minimum atomic E-state index is 0.00142. The molecule has 0 aliphatic carbocycles. The number of carbonyl (C=O) groups excluding carboxylic acids is 1. The Morgan fingerprint density at radius 2 is 2.00 bits per heavy atom. The van der Waals surface area contributed by atoms with Crippen molar-refractivity contribution in [2.45, 2.75) is 19.8 Å². The van der Waals surface area contributed by atoms with Gasteiger partial charge in [0.25, 0.3) is 0 Å². The van der Waals surface area contributed by atoms with Crippen molar-refractivity contribution in [2.24, 2.45) is 7.05 Å². The Hall–Kier alpha value is -2.34. The molecule has 2 heterocycles. The van der Waals surface area contributed by atoms with Gasteiger partial charge in [-0.25, -0.2) is 0 Å². The summed E-state index contributed by atoms with van der Waals surface area (Å²) >= 11 is 0. The second kappa shape index (κ2) is 7.05. The standard InChI is InChI=1S/C18H24N4O2/c1-13-10-17(21(2)20-13)19-18(23)12-22-8-6-14-4-5-16(24-3)11-15(14)7-9-22/h4-5,10-11H,6-9,12H2,1-3H3,(H,19,23). The van der Waals surface area contributed by atoms with Gasteiger partial charge in [-0.1, -0.05) is 6.07 Å². The molecule has 1 aliphatic rings. The van der Waals surface area contributed by atoms with Crippen molar-refractivity contribution >= 4 is 11.7 Å². The van der Waals surface area contributed by atoms with Crippen LogP contribution in [0.1, 0.15) is 16.8 Å². The minimum absolute atomic E-state index is 0.00142. The van der Waals surface area contributed by atoms with Crippen LogP contribution in [0.15, 0.2) is 24.3 Å². The number of benzene rings is 1. The first-order valence-corrected chi connectivity index (χ1v) is 8.24. The van der Waals surface area contributed by atoms with Gasteiger partial charge < -0.3 is 10.1 Å². The van der Waals surface area contributed by atoms with Crippen LogP contribution in [0.4, 0.5) is 5.82 Å². The second-order valence-electron chi connectivity index (χ2n) is 6.25. The van der Waals surface area contributed by atoms with Gasteiger partial charge in [0.2, 0.25) is 5.91 Å². The molecule has 1 N–H and O–H groups in total. The van der Waals surface area contributed by atoms with E-state index in [1.165, 1.54) is 11.1 Å². The van der Waals surface area contributed by atoms with E-state index in [0.29, 0.717) is 6.54 Å². The molecule has 0 radical (unpaired) electrons. The van der Waals surface area contributed by atoms with Crippen molar-refractivity contribution in [1.82, 2.24) is 14.7 Å². The number of aromatic nitrogens is 2. The van der Waals surface area contributed by atoms with E-state index in [4.69, 9.17) is 4.74 Å². The van der Waals surface area contributed by atoms with Crippen molar-refractivity contribution in [1.29, 1.82) is 0 Å². The number of hydrogen-bond acceptors (Lipinski definition) is 4. The van der Waals surface area contributed by atoms with Crippen molar-refractivity contribution in [3.05, 3.63) is 41.1 Å². The molecule has 0 spiro atoms. The third-order valence-electron chi connectivity index (χ3n) is 4.44. The van der Waals surface area contributed by atoms with Gasteiger partial charge in [0.15, 0.2) is 0 Å². The predicted octanol–water partition coefficient (Wildman–Crippen LogP) is 1.78. The van der Waals surface area contributed by atoms with Gasteiger partial charge in [-0.2, -0.15) is 5.10 Å². The van der Waals surface area contributed by atoms with Gasteiger partial charge in [0.1, 0.15) is 11.6 Å². The molecule has 2 aromatic rings. The van der Waals surface area contributed by atoms with Gasteiger partial charge in [-0.15, -0.1) is 0 Å². The first kappa shape index (κ1) is 16.5. The van der Waals surface area contributed by atoms with E-state index >= 15 is 0 Å². The lowest BCUT2D eigenvalue weighted by atomic mass is 10.0. The molecule has 6 heteroatoms. The number of amides is 1. The molecule has 0 saturated carbocycles. The lowest BCUT2D eigenvalue weighted by Crippen LogP contribution is -2.35. The molecule has 0 saturated heterocycles. The molecular weight excluding hydrogens is 304 g/mol. The Morgan fingerprint density at radius 1 is 1.25 bits per heavy atom. The SMILES string of the molecule is COc1ccc2c(c1)CCN(CC(=O)Nc1cc(C)nn1C)CC2. The summed E-state index contributed by atoms with van der Waals surface area (Å²) in [6, 6.07) is 8.13. The summed E-state index contributed by atoms with van der Waals surface area (Å²) < 4.78 is 7.00. The van der Waals surface area contributed by atoms with Crippen molar-refractivity contribution in [3.8, 4) is 5.75 Å². The molecule has 1 amide bonds. The minimum Gasteiger partial charge on any atom is -0.497 e. The molecule has 6 nitrogen and oxygen atoms in total. The van der Waals surface area contributed by atoms with E-state index in [0.717, 1.165) is 43.2 Å². The number of ether oxygens (including phenoxy) is 1. The zero-order valence-corrected chi connectivity index (χ0v) is 14.5. The number of anilines is 1. The molecule has 128 valence electrons. The smallest absolute Gasteiger partial charge is 0.239 e. The summed E-state index contributed by atoms with van der Waals surface area (Å²) in [6.45, 7) is 4.07. The average Bonchev–Trinajstić information content (AvgIpc) is 2.76. The Morgan fingerprint density at radius 3 is 2.67 bits per heavy atom. The number of hydrogen-bond donors (Lipinski definition) is 1. The van der Waals surface area contributed by atoms with Gasteiger partial charge in [0.05, 0.1) is 19.3 Å². The summed E-state index contributed by atoms with van der Waals surface area (Å²) in [5.74, 6) is 1.63. The molecule has 3 rings (SSSR count). The highest BCUT2D eigenvalue weighted by molar-refractivity contribution is 5.91. The van der Waals surface area contributed by atoms with Gasteiger partial charge in [-0.3, -0.25) is 14.4 Å². The van der Waals surface area contributed by atoms with Crippen molar-refractivity contribution in [2.75, 3.05) is 32.1 Å². The highest BCUT2D eigenvalue weighted by Gasteiger charge is 2.17. The lowest BCUT2D eigenvalue weighted by molar-refractivity contribution is -0.117. The first-order valence-electron chi connectivity index (χ1n) is 8.24. The molecule has 24 heavy (non-hydrogen) atoms. The maximum absolute atomic E-state index is 12.3. The third kappa shape index (κ3) is 3.76. The number of aryl methyl sites for hydroxylation is 2. The van der Waals surface area contributed by atoms with E-state index in [9.17, 15) is 4.79 Å². The molecule has 1 aromatic heterocycles. The van der Waals surface area contributed by atoms with Gasteiger partial charge in [0, 0.05) is 26.2 Å². The van der Waals surface area contributed by atoms with Crippen LogP contribution in [0.5, 0.6) is 5.75 Å². The van der Waals surface area contributed by atoms with E-state index in [1.54, 1.807) is 11.8 Å². The van der Waals surface area contributed by atoms with Crippen LogP contribution < -0.4 is 10.1 Å². The zero-order chi connectivity index (χ0) is 17.1. The predicted molar refractivity (Wildman–Crippen MR) is 93.4 cm³/mol. The fraction of sp³-hybridized carbons (Fsp3) is 0.444. The Bertz CT molecular complexity index is 739. The number of nitrogens with one attached hydrogen (secondary N) is 1. The molecule has 0 fully saturated rings. The summed E-state index contributed by atoms with van der Waals surface area (Å²) in [6.07, 6.45) is 1.89. The monoisotopic (exact) mass is 328 g/mol. The number of methoxy groups -OCH3 is 1. The van der Waals surface area contributed by atoms with Gasteiger partial charge >= 0.3 is 0 Å². The van der Waals surface area contributed by atoms with E-state index < -0.39 is 0 Å². The molecule has 0 bridgehead atoms. The fourth-order valence-corrected chi connectivity index (χ4v) is 3.15. The van der Waals surface area contributed by atoms with Crippen LogP contribution in [0, 0.1) is 6.92 Å². The van der Waals surface area contributed by atoms with E-state index in [1.807, 2.05) is 26.1 Å². The first-order chi connectivity index (χ1) is 11.5. The average molecular weight is 328 g/mol. The van der Waals surface area contributed by atoms with Crippen LogP contribution >= 0.6 is 0 Å². The van der Waals surface area contributed by atoms with Gasteiger partial charge in [-0.05, 0) is 43.0 Å². The summed E-state index contributed by atoms with van der Waals surface area (Å²) in [7, 11) is 3.52. The fourth-order valence-electron chi connectivity index (χ4n) is 3.15. The van der Waals surface area contributed by atoms with Crippen LogP contribution in [0.3, 0.4) is 0 Å². The Balaban J connectivity index is 1.59. The summed E-state index contributed by atoms with van der Waals surface area (Å²) in [4.78, 5) is 14.5. The molecule has 1 aliphatic heterocycles.